The lowest BCUT2D eigenvalue weighted by molar-refractivity contribution is 0.318. The topological polar surface area (TPSA) is 39.9 Å². The summed E-state index contributed by atoms with van der Waals surface area (Å²) in [6.45, 7) is 6.06. The Balaban J connectivity index is 2.22. The summed E-state index contributed by atoms with van der Waals surface area (Å²) < 4.78 is 0. The van der Waals surface area contributed by atoms with E-state index >= 15 is 0 Å². The number of nitrogens with zero attached hydrogens (tertiary/aromatic N) is 3. The predicted octanol–water partition coefficient (Wildman–Crippen LogP) is 2.89. The third kappa shape index (κ3) is 2.58. The van der Waals surface area contributed by atoms with Gasteiger partial charge in [0.1, 0.15) is 11.9 Å². The minimum absolute atomic E-state index is 0.691. The van der Waals surface area contributed by atoms with Crippen LogP contribution in [0.25, 0.3) is 0 Å². The van der Waals surface area contributed by atoms with Gasteiger partial charge in [0.15, 0.2) is 0 Å². The van der Waals surface area contributed by atoms with Crippen molar-refractivity contribution >= 4 is 5.82 Å². The van der Waals surface area contributed by atoms with Gasteiger partial charge in [0.2, 0.25) is 0 Å². The minimum Gasteiger partial charge on any atom is -0.356 e. The molecule has 0 bridgehead atoms. The summed E-state index contributed by atoms with van der Waals surface area (Å²) in [7, 11) is 0. The molecular weight excluding hydrogens is 210 g/mol. The second kappa shape index (κ2) is 5.18. The largest absolute Gasteiger partial charge is 0.356 e. The van der Waals surface area contributed by atoms with Crippen LogP contribution in [-0.4, -0.2) is 18.1 Å². The number of nitriles is 1. The van der Waals surface area contributed by atoms with Crippen LogP contribution in [0, 0.1) is 24.2 Å². The van der Waals surface area contributed by atoms with Crippen LogP contribution in [0.1, 0.15) is 37.4 Å². The van der Waals surface area contributed by atoms with Gasteiger partial charge in [-0.25, -0.2) is 4.98 Å². The fourth-order valence-electron chi connectivity index (χ4n) is 2.22. The van der Waals surface area contributed by atoms with Crippen molar-refractivity contribution in [2.45, 2.75) is 33.1 Å². The Bertz CT molecular complexity index is 430. The van der Waals surface area contributed by atoms with Crippen molar-refractivity contribution < 1.29 is 0 Å². The average Bonchev–Trinajstić information content (AvgIpc) is 2.28. The van der Waals surface area contributed by atoms with Gasteiger partial charge in [0.25, 0.3) is 0 Å². The summed E-state index contributed by atoms with van der Waals surface area (Å²) in [5.74, 6) is 1.66. The highest BCUT2D eigenvalue weighted by Gasteiger charge is 2.22. The van der Waals surface area contributed by atoms with E-state index in [4.69, 9.17) is 5.26 Å². The molecule has 17 heavy (non-hydrogen) atoms. The van der Waals surface area contributed by atoms with Crippen molar-refractivity contribution in [2.75, 3.05) is 18.0 Å². The SMILES string of the molecule is CCN(CC1CCC1)c1nc(C)ccc1C#N. The number of pyridine rings is 1. The van der Waals surface area contributed by atoms with E-state index in [9.17, 15) is 0 Å². The van der Waals surface area contributed by atoms with Gasteiger partial charge in [-0.15, -0.1) is 0 Å². The normalized spacial score (nSPS) is 15.1. The van der Waals surface area contributed by atoms with Crippen LogP contribution in [0.4, 0.5) is 5.82 Å². The summed E-state index contributed by atoms with van der Waals surface area (Å²) in [6.07, 6.45) is 4.00. The second-order valence-electron chi connectivity index (χ2n) is 4.77. The first-order valence-corrected chi connectivity index (χ1v) is 6.37. The predicted molar refractivity (Wildman–Crippen MR) is 68.9 cm³/mol. The van der Waals surface area contributed by atoms with Crippen molar-refractivity contribution in [3.05, 3.63) is 23.4 Å². The van der Waals surface area contributed by atoms with Gasteiger partial charge in [-0.3, -0.25) is 0 Å². The van der Waals surface area contributed by atoms with Crippen molar-refractivity contribution in [2.24, 2.45) is 5.92 Å². The first kappa shape index (κ1) is 11.9. The maximum atomic E-state index is 9.14. The Morgan fingerprint density at radius 1 is 1.47 bits per heavy atom. The monoisotopic (exact) mass is 229 g/mol. The van der Waals surface area contributed by atoms with Gasteiger partial charge < -0.3 is 4.90 Å². The van der Waals surface area contributed by atoms with E-state index in [2.05, 4.69) is 22.9 Å². The summed E-state index contributed by atoms with van der Waals surface area (Å²) in [5.41, 5.74) is 1.67. The van der Waals surface area contributed by atoms with Gasteiger partial charge in [0, 0.05) is 18.8 Å². The molecule has 1 heterocycles. The summed E-state index contributed by atoms with van der Waals surface area (Å²) in [6, 6.07) is 6.02. The Morgan fingerprint density at radius 3 is 2.76 bits per heavy atom. The third-order valence-electron chi connectivity index (χ3n) is 3.52. The molecule has 1 aromatic heterocycles. The molecule has 90 valence electrons. The highest BCUT2D eigenvalue weighted by Crippen LogP contribution is 2.29. The van der Waals surface area contributed by atoms with Crippen molar-refractivity contribution in [1.29, 1.82) is 5.26 Å². The molecule has 1 aliphatic rings. The second-order valence-corrected chi connectivity index (χ2v) is 4.77. The van der Waals surface area contributed by atoms with Gasteiger partial charge in [-0.05, 0) is 44.7 Å². The van der Waals surface area contributed by atoms with Crippen LogP contribution in [0.5, 0.6) is 0 Å². The lowest BCUT2D eigenvalue weighted by atomic mass is 9.85. The number of aromatic nitrogens is 1. The Kier molecular flexibility index (Phi) is 3.63. The van der Waals surface area contributed by atoms with Crippen molar-refractivity contribution in [3.63, 3.8) is 0 Å². The molecular formula is C14H19N3. The van der Waals surface area contributed by atoms with Crippen LogP contribution in [0.2, 0.25) is 0 Å². The number of aryl methyl sites for hydroxylation is 1. The summed E-state index contributed by atoms with van der Waals surface area (Å²) >= 11 is 0. The summed E-state index contributed by atoms with van der Waals surface area (Å²) in [4.78, 5) is 6.78. The van der Waals surface area contributed by atoms with E-state index in [0.29, 0.717) is 5.56 Å². The first-order valence-electron chi connectivity index (χ1n) is 6.37. The van der Waals surface area contributed by atoms with E-state index in [1.54, 1.807) is 0 Å². The van der Waals surface area contributed by atoms with Crippen LogP contribution in [0.3, 0.4) is 0 Å². The molecule has 0 unspecified atom stereocenters. The van der Waals surface area contributed by atoms with Crippen molar-refractivity contribution in [3.8, 4) is 6.07 Å². The van der Waals surface area contributed by atoms with Crippen LogP contribution in [0.15, 0.2) is 12.1 Å². The number of rotatable bonds is 4. The molecule has 1 saturated carbocycles. The molecule has 0 N–H and O–H groups in total. The van der Waals surface area contributed by atoms with E-state index in [1.807, 2.05) is 19.1 Å². The highest BCUT2D eigenvalue weighted by molar-refractivity contribution is 5.54. The quantitative estimate of drug-likeness (QED) is 0.797. The maximum Gasteiger partial charge on any atom is 0.146 e. The van der Waals surface area contributed by atoms with Crippen LogP contribution < -0.4 is 4.90 Å². The fourth-order valence-corrected chi connectivity index (χ4v) is 2.22. The zero-order chi connectivity index (χ0) is 12.3. The average molecular weight is 229 g/mol. The molecule has 0 amide bonds. The molecule has 0 atom stereocenters. The van der Waals surface area contributed by atoms with Gasteiger partial charge in [-0.1, -0.05) is 6.42 Å². The first-order chi connectivity index (χ1) is 8.24. The zero-order valence-electron chi connectivity index (χ0n) is 10.6. The van der Waals surface area contributed by atoms with Crippen LogP contribution >= 0.6 is 0 Å². The Morgan fingerprint density at radius 2 is 2.24 bits per heavy atom. The van der Waals surface area contributed by atoms with Crippen LogP contribution in [-0.2, 0) is 0 Å². The minimum atomic E-state index is 0.691. The Hall–Kier alpha value is -1.56. The van der Waals surface area contributed by atoms with Gasteiger partial charge in [0.05, 0.1) is 5.56 Å². The molecule has 1 aromatic rings. The maximum absolute atomic E-state index is 9.14. The molecule has 0 saturated heterocycles. The lowest BCUT2D eigenvalue weighted by Gasteiger charge is -2.32. The number of anilines is 1. The fraction of sp³-hybridized carbons (Fsp3) is 0.571. The Labute approximate surface area is 103 Å². The highest BCUT2D eigenvalue weighted by atomic mass is 15.2. The molecule has 0 radical (unpaired) electrons. The molecule has 1 aliphatic carbocycles. The molecule has 3 heteroatoms. The summed E-state index contributed by atoms with van der Waals surface area (Å²) in [5, 5.41) is 9.14. The molecule has 1 fully saturated rings. The van der Waals surface area contributed by atoms with E-state index < -0.39 is 0 Å². The van der Waals surface area contributed by atoms with Crippen molar-refractivity contribution in [1.82, 2.24) is 4.98 Å². The smallest absolute Gasteiger partial charge is 0.146 e. The van der Waals surface area contributed by atoms with Gasteiger partial charge in [-0.2, -0.15) is 5.26 Å². The lowest BCUT2D eigenvalue weighted by Crippen LogP contribution is -2.33. The van der Waals surface area contributed by atoms with Gasteiger partial charge >= 0.3 is 0 Å². The number of hydrogen-bond donors (Lipinski definition) is 0. The third-order valence-corrected chi connectivity index (χ3v) is 3.52. The molecule has 0 aromatic carbocycles. The number of hydrogen-bond acceptors (Lipinski definition) is 3. The van der Waals surface area contributed by atoms with E-state index in [1.165, 1.54) is 19.3 Å². The van der Waals surface area contributed by atoms with E-state index in [-0.39, 0.29) is 0 Å². The molecule has 0 aliphatic heterocycles. The van der Waals surface area contributed by atoms with E-state index in [0.717, 1.165) is 30.5 Å². The zero-order valence-corrected chi connectivity index (χ0v) is 10.6. The molecule has 3 nitrogen and oxygen atoms in total. The molecule has 0 spiro atoms. The molecule has 2 rings (SSSR count). The standard InChI is InChI=1S/C14H19N3/c1-3-17(10-12-5-4-6-12)14-13(9-15)8-7-11(2)16-14/h7-8,12H,3-6,10H2,1-2H3.